The van der Waals surface area contributed by atoms with Gasteiger partial charge in [0.05, 0.1) is 6.54 Å². The van der Waals surface area contributed by atoms with E-state index in [1.807, 2.05) is 23.1 Å². The Balaban J connectivity index is 0.00000128. The average Bonchev–Trinajstić information content (AvgIpc) is 2.80. The first-order chi connectivity index (χ1) is 7.36. The predicted molar refractivity (Wildman–Crippen MR) is 75.2 cm³/mol. The second-order valence-corrected chi connectivity index (χ2v) is 4.23. The quantitative estimate of drug-likeness (QED) is 0.906. The highest BCUT2D eigenvalue weighted by Gasteiger charge is 2.16. The van der Waals surface area contributed by atoms with Crippen LogP contribution in [0.15, 0.2) is 18.5 Å². The number of nitrogens with one attached hydrogen (secondary N) is 1. The Morgan fingerprint density at radius 3 is 2.65 bits per heavy atom. The van der Waals surface area contributed by atoms with Crippen molar-refractivity contribution in [1.29, 1.82) is 0 Å². The summed E-state index contributed by atoms with van der Waals surface area (Å²) < 4.78 is 2.00. The van der Waals surface area contributed by atoms with Crippen LogP contribution in [0.25, 0.3) is 0 Å². The maximum atomic E-state index is 4.21. The van der Waals surface area contributed by atoms with Gasteiger partial charge in [0.2, 0.25) is 0 Å². The lowest BCUT2D eigenvalue weighted by Crippen LogP contribution is -2.42. The summed E-state index contributed by atoms with van der Waals surface area (Å²) in [7, 11) is 2.22. The minimum absolute atomic E-state index is 0. The van der Waals surface area contributed by atoms with Crippen LogP contribution in [0.1, 0.15) is 12.8 Å². The van der Waals surface area contributed by atoms with Crippen molar-refractivity contribution in [3.8, 4) is 0 Å². The maximum Gasteiger partial charge on any atom is 0.0536 e. The van der Waals surface area contributed by atoms with Crippen LogP contribution in [0.4, 0.5) is 0 Å². The Morgan fingerprint density at radius 1 is 1.35 bits per heavy atom. The predicted octanol–water partition coefficient (Wildman–Crippen LogP) is 1.41. The topological polar surface area (TPSA) is 33.1 Å². The van der Waals surface area contributed by atoms with Gasteiger partial charge in [-0.2, -0.15) is 5.10 Å². The fourth-order valence-electron chi connectivity index (χ4n) is 2.12. The number of aromatic nitrogens is 2. The van der Waals surface area contributed by atoms with Crippen molar-refractivity contribution in [3.63, 3.8) is 0 Å². The first-order valence-corrected chi connectivity index (χ1v) is 5.74. The molecule has 0 bridgehead atoms. The van der Waals surface area contributed by atoms with Crippen LogP contribution in [0.5, 0.6) is 0 Å². The van der Waals surface area contributed by atoms with Gasteiger partial charge in [0.25, 0.3) is 0 Å². The van der Waals surface area contributed by atoms with Crippen molar-refractivity contribution in [2.45, 2.75) is 25.4 Å². The van der Waals surface area contributed by atoms with E-state index in [0.717, 1.165) is 32.2 Å². The minimum atomic E-state index is 0. The van der Waals surface area contributed by atoms with Gasteiger partial charge in [0.1, 0.15) is 0 Å². The number of likely N-dealkylation sites (N-methyl/N-ethyl adjacent to an activating group) is 1. The number of piperidine rings is 1. The van der Waals surface area contributed by atoms with E-state index in [-0.39, 0.29) is 24.8 Å². The Hall–Kier alpha value is -0.290. The maximum absolute atomic E-state index is 4.21. The molecular formula is C11H22Cl2N4. The number of hydrogen-bond acceptors (Lipinski definition) is 3. The third-order valence-corrected chi connectivity index (χ3v) is 3.17. The van der Waals surface area contributed by atoms with Crippen LogP contribution in [0, 0.1) is 0 Å². The van der Waals surface area contributed by atoms with Crippen LogP contribution in [0.3, 0.4) is 0 Å². The van der Waals surface area contributed by atoms with Gasteiger partial charge in [0, 0.05) is 25.0 Å². The zero-order valence-corrected chi connectivity index (χ0v) is 11.8. The van der Waals surface area contributed by atoms with E-state index in [1.165, 1.54) is 12.8 Å². The van der Waals surface area contributed by atoms with Crippen molar-refractivity contribution in [1.82, 2.24) is 20.0 Å². The van der Waals surface area contributed by atoms with Crippen LogP contribution in [-0.4, -0.2) is 47.4 Å². The number of halogens is 2. The summed E-state index contributed by atoms with van der Waals surface area (Å²) in [6.07, 6.45) is 6.41. The molecule has 0 aromatic carbocycles. The molecule has 1 N–H and O–H groups in total. The normalized spacial score (nSPS) is 16.4. The van der Waals surface area contributed by atoms with E-state index in [0.29, 0.717) is 0 Å². The fourth-order valence-corrected chi connectivity index (χ4v) is 2.12. The smallest absolute Gasteiger partial charge is 0.0536 e. The summed E-state index contributed by atoms with van der Waals surface area (Å²) in [5.74, 6) is 0. The molecule has 1 aromatic heterocycles. The van der Waals surface area contributed by atoms with Crippen LogP contribution in [0.2, 0.25) is 0 Å². The molecule has 1 fully saturated rings. The number of hydrogen-bond donors (Lipinski definition) is 1. The van der Waals surface area contributed by atoms with Gasteiger partial charge in [-0.25, -0.2) is 0 Å². The van der Waals surface area contributed by atoms with Crippen molar-refractivity contribution in [2.24, 2.45) is 0 Å². The molecule has 2 rings (SSSR count). The Morgan fingerprint density at radius 2 is 2.06 bits per heavy atom. The van der Waals surface area contributed by atoms with Gasteiger partial charge < -0.3 is 10.2 Å². The largest absolute Gasteiger partial charge is 0.317 e. The van der Waals surface area contributed by atoms with Crippen molar-refractivity contribution in [2.75, 3.05) is 26.7 Å². The third-order valence-electron chi connectivity index (χ3n) is 3.17. The molecule has 0 radical (unpaired) electrons. The monoisotopic (exact) mass is 280 g/mol. The molecule has 0 unspecified atom stereocenters. The fraction of sp³-hybridized carbons (Fsp3) is 0.727. The molecule has 100 valence electrons. The zero-order chi connectivity index (χ0) is 10.5. The molecule has 4 nitrogen and oxygen atoms in total. The van der Waals surface area contributed by atoms with Gasteiger partial charge in [0.15, 0.2) is 0 Å². The molecule has 1 aliphatic rings. The second-order valence-electron chi connectivity index (χ2n) is 4.23. The SMILES string of the molecule is CN(CCn1cccn1)C1CCNCC1.Cl.Cl. The standard InChI is InChI=1S/C11H20N4.2ClH/c1-14(11-3-6-12-7-4-11)9-10-15-8-2-5-13-15;;/h2,5,8,11-12H,3-4,6-7,9-10H2,1H3;2*1H. The Bertz CT molecular complexity index is 273. The molecule has 0 saturated carbocycles. The van der Waals surface area contributed by atoms with Gasteiger partial charge in [-0.1, -0.05) is 0 Å². The van der Waals surface area contributed by atoms with E-state index in [1.54, 1.807) is 0 Å². The summed E-state index contributed by atoms with van der Waals surface area (Å²) >= 11 is 0. The van der Waals surface area contributed by atoms with Gasteiger partial charge >= 0.3 is 0 Å². The molecular weight excluding hydrogens is 259 g/mol. The molecule has 0 amide bonds. The van der Waals surface area contributed by atoms with Crippen molar-refractivity contribution < 1.29 is 0 Å². The summed E-state index contributed by atoms with van der Waals surface area (Å²) in [5.41, 5.74) is 0. The van der Waals surface area contributed by atoms with E-state index in [2.05, 4.69) is 22.4 Å². The summed E-state index contributed by atoms with van der Waals surface area (Å²) in [4.78, 5) is 2.46. The molecule has 0 aliphatic carbocycles. The average molecular weight is 281 g/mol. The zero-order valence-electron chi connectivity index (χ0n) is 10.2. The lowest BCUT2D eigenvalue weighted by molar-refractivity contribution is 0.190. The molecule has 6 heteroatoms. The molecule has 17 heavy (non-hydrogen) atoms. The van der Waals surface area contributed by atoms with Crippen LogP contribution < -0.4 is 5.32 Å². The van der Waals surface area contributed by atoms with E-state index in [4.69, 9.17) is 0 Å². The molecule has 0 atom stereocenters. The summed E-state index contributed by atoms with van der Waals surface area (Å²) in [5, 5.41) is 7.61. The molecule has 1 aliphatic heterocycles. The van der Waals surface area contributed by atoms with Crippen LogP contribution in [-0.2, 0) is 6.54 Å². The highest BCUT2D eigenvalue weighted by Crippen LogP contribution is 2.09. The Kier molecular flexibility index (Phi) is 8.60. The minimum Gasteiger partial charge on any atom is -0.317 e. The van der Waals surface area contributed by atoms with Crippen molar-refractivity contribution >= 4 is 24.8 Å². The lowest BCUT2D eigenvalue weighted by Gasteiger charge is -2.31. The van der Waals surface area contributed by atoms with Gasteiger partial charge in [-0.15, -0.1) is 24.8 Å². The molecule has 1 aromatic rings. The lowest BCUT2D eigenvalue weighted by atomic mass is 10.1. The first-order valence-electron chi connectivity index (χ1n) is 5.74. The van der Waals surface area contributed by atoms with Crippen LogP contribution >= 0.6 is 24.8 Å². The summed E-state index contributed by atoms with van der Waals surface area (Å²) in [6.45, 7) is 4.41. The van der Waals surface area contributed by atoms with E-state index >= 15 is 0 Å². The Labute approximate surface area is 116 Å². The summed E-state index contributed by atoms with van der Waals surface area (Å²) in [6, 6.07) is 2.73. The van der Waals surface area contributed by atoms with Gasteiger partial charge in [-0.05, 0) is 39.0 Å². The first kappa shape index (κ1) is 16.7. The number of nitrogens with zero attached hydrogens (tertiary/aromatic N) is 3. The molecule has 0 spiro atoms. The molecule has 2 heterocycles. The van der Waals surface area contributed by atoms with E-state index < -0.39 is 0 Å². The number of rotatable bonds is 4. The third kappa shape index (κ3) is 5.25. The highest BCUT2D eigenvalue weighted by molar-refractivity contribution is 5.85. The van der Waals surface area contributed by atoms with Crippen molar-refractivity contribution in [3.05, 3.63) is 18.5 Å². The second kappa shape index (κ2) is 8.75. The highest BCUT2D eigenvalue weighted by atomic mass is 35.5. The van der Waals surface area contributed by atoms with Gasteiger partial charge in [-0.3, -0.25) is 4.68 Å². The molecule has 1 saturated heterocycles. The van der Waals surface area contributed by atoms with E-state index in [9.17, 15) is 0 Å².